The van der Waals surface area contributed by atoms with Crippen LogP contribution >= 0.6 is 0 Å². The Hall–Kier alpha value is -1.06. The first-order chi connectivity index (χ1) is 9.15. The highest BCUT2D eigenvalue weighted by atomic mass is 16.5. The quantitative estimate of drug-likeness (QED) is 0.877. The Balaban J connectivity index is 2.11. The molecule has 1 aliphatic rings. The number of aryl methyl sites for hydroxylation is 1. The van der Waals surface area contributed by atoms with Gasteiger partial charge < -0.3 is 15.8 Å². The van der Waals surface area contributed by atoms with Crippen molar-refractivity contribution >= 4 is 0 Å². The van der Waals surface area contributed by atoms with Crippen LogP contribution in [0.5, 0.6) is 5.75 Å². The Kier molecular flexibility index (Phi) is 4.83. The van der Waals surface area contributed by atoms with Gasteiger partial charge in [-0.15, -0.1) is 0 Å². The average molecular weight is 262 g/mol. The number of nitrogens with two attached hydrogens (primary N) is 1. The molecule has 0 heterocycles. The molecule has 0 radical (unpaired) electrons. The maximum Gasteiger partial charge on any atom is 0.123 e. The molecule has 0 aliphatic heterocycles. The van der Waals surface area contributed by atoms with Crippen molar-refractivity contribution in [3.8, 4) is 5.75 Å². The summed E-state index contributed by atoms with van der Waals surface area (Å²) in [5.74, 6) is 1.49. The molecule has 0 aromatic heterocycles. The SMILES string of the molecule is CNC1CCC(C(N)c2cc(C)ccc2OC)CC1. The molecule has 0 bridgehead atoms. The van der Waals surface area contributed by atoms with E-state index in [-0.39, 0.29) is 6.04 Å². The zero-order valence-electron chi connectivity index (χ0n) is 12.3. The summed E-state index contributed by atoms with van der Waals surface area (Å²) in [6, 6.07) is 7.04. The summed E-state index contributed by atoms with van der Waals surface area (Å²) in [5, 5.41) is 3.37. The Morgan fingerprint density at radius 2 is 1.95 bits per heavy atom. The van der Waals surface area contributed by atoms with Crippen LogP contribution in [0.4, 0.5) is 0 Å². The van der Waals surface area contributed by atoms with Crippen molar-refractivity contribution in [3.63, 3.8) is 0 Å². The summed E-state index contributed by atoms with van der Waals surface area (Å²) in [6.07, 6.45) is 4.85. The van der Waals surface area contributed by atoms with Crippen LogP contribution in [0.3, 0.4) is 0 Å². The van der Waals surface area contributed by atoms with Crippen LogP contribution < -0.4 is 15.8 Å². The number of methoxy groups -OCH3 is 1. The standard InChI is InChI=1S/C16H26N2O/c1-11-4-9-15(19-3)14(10-11)16(17)12-5-7-13(18-2)8-6-12/h4,9-10,12-13,16,18H,5-8,17H2,1-3H3. The minimum atomic E-state index is 0.0904. The van der Waals surface area contributed by atoms with Gasteiger partial charge in [0.15, 0.2) is 0 Å². The smallest absolute Gasteiger partial charge is 0.123 e. The molecule has 2 rings (SSSR count). The summed E-state index contributed by atoms with van der Waals surface area (Å²) in [7, 11) is 3.77. The van der Waals surface area contributed by atoms with E-state index in [0.29, 0.717) is 12.0 Å². The van der Waals surface area contributed by atoms with Crippen molar-refractivity contribution in [1.29, 1.82) is 0 Å². The Labute approximate surface area is 116 Å². The fourth-order valence-corrected chi connectivity index (χ4v) is 3.14. The van der Waals surface area contributed by atoms with Crippen molar-refractivity contribution in [2.75, 3.05) is 14.2 Å². The maximum absolute atomic E-state index is 6.50. The predicted octanol–water partition coefficient (Wildman–Crippen LogP) is 2.78. The number of ether oxygens (including phenoxy) is 1. The van der Waals surface area contributed by atoms with Crippen LogP contribution in [0.25, 0.3) is 0 Å². The van der Waals surface area contributed by atoms with Gasteiger partial charge in [-0.2, -0.15) is 0 Å². The molecule has 1 aromatic carbocycles. The topological polar surface area (TPSA) is 47.3 Å². The van der Waals surface area contributed by atoms with Gasteiger partial charge in [0.25, 0.3) is 0 Å². The fraction of sp³-hybridized carbons (Fsp3) is 0.625. The molecule has 0 amide bonds. The second-order valence-electron chi connectivity index (χ2n) is 5.67. The molecule has 3 nitrogen and oxygen atoms in total. The van der Waals surface area contributed by atoms with Crippen molar-refractivity contribution in [2.24, 2.45) is 11.7 Å². The highest BCUT2D eigenvalue weighted by molar-refractivity contribution is 5.39. The summed E-state index contributed by atoms with van der Waals surface area (Å²) in [5.41, 5.74) is 8.91. The number of hydrogen-bond donors (Lipinski definition) is 2. The summed E-state index contributed by atoms with van der Waals surface area (Å²) < 4.78 is 5.46. The van der Waals surface area contributed by atoms with Gasteiger partial charge in [-0.3, -0.25) is 0 Å². The molecule has 1 saturated carbocycles. The van der Waals surface area contributed by atoms with E-state index in [0.717, 1.165) is 11.3 Å². The van der Waals surface area contributed by atoms with Crippen molar-refractivity contribution in [2.45, 2.75) is 44.7 Å². The van der Waals surface area contributed by atoms with E-state index >= 15 is 0 Å². The third-order valence-electron chi connectivity index (χ3n) is 4.43. The normalized spacial score (nSPS) is 25.1. The Morgan fingerprint density at radius 1 is 1.26 bits per heavy atom. The van der Waals surface area contributed by atoms with E-state index in [1.807, 2.05) is 6.07 Å². The van der Waals surface area contributed by atoms with Crippen LogP contribution in [0.1, 0.15) is 42.9 Å². The molecular weight excluding hydrogens is 236 g/mol. The number of hydrogen-bond acceptors (Lipinski definition) is 3. The molecule has 106 valence electrons. The molecule has 1 fully saturated rings. The largest absolute Gasteiger partial charge is 0.496 e. The van der Waals surface area contributed by atoms with E-state index in [1.54, 1.807) is 7.11 Å². The molecule has 3 N–H and O–H groups in total. The first kappa shape index (κ1) is 14.4. The summed E-state index contributed by atoms with van der Waals surface area (Å²) >= 11 is 0. The second-order valence-corrected chi connectivity index (χ2v) is 5.67. The lowest BCUT2D eigenvalue weighted by Crippen LogP contribution is -2.34. The van der Waals surface area contributed by atoms with Gasteiger partial charge in [0.05, 0.1) is 7.11 Å². The van der Waals surface area contributed by atoms with Crippen LogP contribution in [0, 0.1) is 12.8 Å². The van der Waals surface area contributed by atoms with Gasteiger partial charge in [-0.25, -0.2) is 0 Å². The van der Waals surface area contributed by atoms with Crippen LogP contribution in [-0.4, -0.2) is 20.2 Å². The Morgan fingerprint density at radius 3 is 2.53 bits per heavy atom. The monoisotopic (exact) mass is 262 g/mol. The van der Waals surface area contributed by atoms with Gasteiger partial charge in [0, 0.05) is 17.6 Å². The molecule has 0 saturated heterocycles. The lowest BCUT2D eigenvalue weighted by atomic mass is 9.79. The van der Waals surface area contributed by atoms with E-state index in [4.69, 9.17) is 10.5 Å². The molecule has 1 aromatic rings. The number of benzene rings is 1. The van der Waals surface area contributed by atoms with Gasteiger partial charge in [-0.1, -0.05) is 17.7 Å². The van der Waals surface area contributed by atoms with Gasteiger partial charge in [-0.05, 0) is 51.6 Å². The van der Waals surface area contributed by atoms with Crippen LogP contribution in [0.2, 0.25) is 0 Å². The maximum atomic E-state index is 6.50. The minimum Gasteiger partial charge on any atom is -0.496 e. The predicted molar refractivity (Wildman–Crippen MR) is 79.5 cm³/mol. The van der Waals surface area contributed by atoms with E-state index in [9.17, 15) is 0 Å². The first-order valence-electron chi connectivity index (χ1n) is 7.23. The minimum absolute atomic E-state index is 0.0904. The van der Waals surface area contributed by atoms with Gasteiger partial charge in [0.2, 0.25) is 0 Å². The second kappa shape index (κ2) is 6.40. The van der Waals surface area contributed by atoms with E-state index in [1.165, 1.54) is 31.2 Å². The molecule has 1 unspecified atom stereocenters. The third-order valence-corrected chi connectivity index (χ3v) is 4.43. The third kappa shape index (κ3) is 3.28. The Bertz CT molecular complexity index is 411. The molecule has 1 atom stereocenters. The summed E-state index contributed by atoms with van der Waals surface area (Å²) in [6.45, 7) is 2.10. The average Bonchev–Trinajstić information content (AvgIpc) is 2.46. The highest BCUT2D eigenvalue weighted by Crippen LogP contribution is 2.36. The molecule has 0 spiro atoms. The lowest BCUT2D eigenvalue weighted by Gasteiger charge is -2.32. The zero-order valence-corrected chi connectivity index (χ0v) is 12.3. The van der Waals surface area contributed by atoms with Crippen LogP contribution in [0.15, 0.2) is 18.2 Å². The number of nitrogens with one attached hydrogen (secondary N) is 1. The van der Waals surface area contributed by atoms with E-state index < -0.39 is 0 Å². The van der Waals surface area contributed by atoms with Gasteiger partial charge >= 0.3 is 0 Å². The molecular formula is C16H26N2O. The lowest BCUT2D eigenvalue weighted by molar-refractivity contribution is 0.263. The van der Waals surface area contributed by atoms with Crippen molar-refractivity contribution < 1.29 is 4.74 Å². The van der Waals surface area contributed by atoms with Crippen molar-refractivity contribution in [1.82, 2.24) is 5.32 Å². The van der Waals surface area contributed by atoms with E-state index in [2.05, 4.69) is 31.4 Å². The van der Waals surface area contributed by atoms with Crippen LogP contribution in [-0.2, 0) is 0 Å². The highest BCUT2D eigenvalue weighted by Gasteiger charge is 2.27. The molecule has 1 aliphatic carbocycles. The molecule has 19 heavy (non-hydrogen) atoms. The summed E-state index contributed by atoms with van der Waals surface area (Å²) in [4.78, 5) is 0. The zero-order chi connectivity index (χ0) is 13.8. The first-order valence-corrected chi connectivity index (χ1v) is 7.23. The number of rotatable bonds is 4. The fourth-order valence-electron chi connectivity index (χ4n) is 3.14. The van der Waals surface area contributed by atoms with Gasteiger partial charge in [0.1, 0.15) is 5.75 Å². The molecule has 3 heteroatoms. The van der Waals surface area contributed by atoms with Crippen molar-refractivity contribution in [3.05, 3.63) is 29.3 Å².